The molecule has 0 aliphatic rings. The molecule has 1 rings (SSSR count). The van der Waals surface area contributed by atoms with Crippen molar-refractivity contribution in [2.45, 2.75) is 5.03 Å². The molecular weight excluding hydrogens is 192 g/mol. The first-order valence-electron chi connectivity index (χ1n) is 3.58. The van der Waals surface area contributed by atoms with Gasteiger partial charge in [0.15, 0.2) is 5.03 Å². The van der Waals surface area contributed by atoms with E-state index in [2.05, 4.69) is 4.98 Å². The summed E-state index contributed by atoms with van der Waals surface area (Å²) in [5.41, 5.74) is -0.0130. The zero-order chi connectivity index (χ0) is 9.68. The van der Waals surface area contributed by atoms with Gasteiger partial charge in [-0.15, -0.1) is 0 Å². The van der Waals surface area contributed by atoms with Crippen molar-refractivity contribution < 1.29 is 10.0 Å². The molecule has 1 aromatic heterocycles. The molecule has 0 saturated carbocycles. The Balaban J connectivity index is 2.84. The molecule has 0 atom stereocenters. The molecule has 6 heteroatoms. The molecule has 0 saturated heterocycles. The predicted molar refractivity (Wildman–Crippen MR) is 48.7 cm³/mol. The Kier molecular flexibility index (Phi) is 3.66. The van der Waals surface area contributed by atoms with Crippen LogP contribution in [0.4, 0.5) is 5.69 Å². The average molecular weight is 200 g/mol. The van der Waals surface area contributed by atoms with Gasteiger partial charge >= 0.3 is 5.69 Å². The van der Waals surface area contributed by atoms with Crippen LogP contribution in [0.2, 0.25) is 0 Å². The Labute approximate surface area is 79.0 Å². The maximum atomic E-state index is 10.5. The van der Waals surface area contributed by atoms with E-state index in [4.69, 9.17) is 5.11 Å². The normalized spacial score (nSPS) is 9.92. The molecule has 70 valence electrons. The zero-order valence-corrected chi connectivity index (χ0v) is 7.53. The monoisotopic (exact) mass is 200 g/mol. The third-order valence-electron chi connectivity index (χ3n) is 1.28. The van der Waals surface area contributed by atoms with E-state index in [1.54, 1.807) is 0 Å². The summed E-state index contributed by atoms with van der Waals surface area (Å²) in [4.78, 5) is 13.8. The second kappa shape index (κ2) is 4.78. The minimum absolute atomic E-state index is 0.0130. The van der Waals surface area contributed by atoms with Crippen LogP contribution in [0.3, 0.4) is 0 Å². The molecule has 0 aromatic carbocycles. The van der Waals surface area contributed by atoms with Crippen LogP contribution in [0.15, 0.2) is 23.4 Å². The third-order valence-corrected chi connectivity index (χ3v) is 2.25. The number of thioether (sulfide) groups is 1. The zero-order valence-electron chi connectivity index (χ0n) is 6.71. The highest BCUT2D eigenvalue weighted by Gasteiger charge is 2.13. The summed E-state index contributed by atoms with van der Waals surface area (Å²) in [7, 11) is 0. The number of hydrogen-bond acceptors (Lipinski definition) is 5. The van der Waals surface area contributed by atoms with Gasteiger partial charge in [-0.2, -0.15) is 0 Å². The summed E-state index contributed by atoms with van der Waals surface area (Å²) in [6.45, 7) is -0.0155. The van der Waals surface area contributed by atoms with E-state index in [0.29, 0.717) is 10.8 Å². The molecule has 0 bridgehead atoms. The first-order valence-corrected chi connectivity index (χ1v) is 4.57. The Morgan fingerprint density at radius 3 is 3.08 bits per heavy atom. The number of aromatic nitrogens is 1. The highest BCUT2D eigenvalue weighted by atomic mass is 32.2. The van der Waals surface area contributed by atoms with Crippen LogP contribution >= 0.6 is 11.8 Å². The molecule has 0 radical (unpaired) electrons. The minimum atomic E-state index is -0.479. The fourth-order valence-electron chi connectivity index (χ4n) is 0.775. The van der Waals surface area contributed by atoms with Crippen molar-refractivity contribution in [1.29, 1.82) is 0 Å². The van der Waals surface area contributed by atoms with Crippen molar-refractivity contribution in [3.8, 4) is 0 Å². The van der Waals surface area contributed by atoms with Crippen molar-refractivity contribution >= 4 is 17.4 Å². The predicted octanol–water partition coefficient (Wildman–Crippen LogP) is 1.07. The number of nitrogens with zero attached hydrogens (tertiary/aromatic N) is 2. The fourth-order valence-corrected chi connectivity index (χ4v) is 1.49. The van der Waals surface area contributed by atoms with E-state index in [9.17, 15) is 10.1 Å². The van der Waals surface area contributed by atoms with Gasteiger partial charge in [-0.3, -0.25) is 10.1 Å². The molecular formula is C7H8N2O3S. The number of aliphatic hydroxyl groups excluding tert-OH is 1. The van der Waals surface area contributed by atoms with E-state index < -0.39 is 4.92 Å². The van der Waals surface area contributed by atoms with Crippen LogP contribution in [0.5, 0.6) is 0 Å². The summed E-state index contributed by atoms with van der Waals surface area (Å²) in [6, 6.07) is 2.91. The molecule has 0 unspecified atom stereocenters. The lowest BCUT2D eigenvalue weighted by atomic mass is 10.4. The fraction of sp³-hybridized carbons (Fsp3) is 0.286. The van der Waals surface area contributed by atoms with Crippen LogP contribution in [-0.2, 0) is 0 Å². The number of aliphatic hydroxyl groups is 1. The number of nitro groups is 1. The first kappa shape index (κ1) is 9.94. The van der Waals surface area contributed by atoms with E-state index in [-0.39, 0.29) is 12.3 Å². The van der Waals surface area contributed by atoms with Gasteiger partial charge in [-0.25, -0.2) is 4.98 Å². The summed E-state index contributed by atoms with van der Waals surface area (Å²) in [5.74, 6) is 0.415. The molecule has 0 amide bonds. The molecule has 0 aliphatic heterocycles. The lowest BCUT2D eigenvalue weighted by molar-refractivity contribution is -0.388. The maximum absolute atomic E-state index is 10.5. The minimum Gasteiger partial charge on any atom is -0.396 e. The Morgan fingerprint density at radius 2 is 2.46 bits per heavy atom. The van der Waals surface area contributed by atoms with E-state index in [1.165, 1.54) is 30.1 Å². The Bertz CT molecular complexity index is 306. The van der Waals surface area contributed by atoms with Crippen molar-refractivity contribution in [3.63, 3.8) is 0 Å². The van der Waals surface area contributed by atoms with Crippen LogP contribution < -0.4 is 0 Å². The molecule has 0 aliphatic carbocycles. The van der Waals surface area contributed by atoms with E-state index in [0.717, 1.165) is 0 Å². The summed E-state index contributed by atoms with van der Waals surface area (Å²) >= 11 is 1.17. The Hall–Kier alpha value is -1.14. The van der Waals surface area contributed by atoms with Gasteiger partial charge in [-0.05, 0) is 6.07 Å². The van der Waals surface area contributed by atoms with Gasteiger partial charge in [0.2, 0.25) is 0 Å². The van der Waals surface area contributed by atoms with Gasteiger partial charge < -0.3 is 5.11 Å². The molecule has 5 nitrogen and oxygen atoms in total. The average Bonchev–Trinajstić information content (AvgIpc) is 2.15. The van der Waals surface area contributed by atoms with Gasteiger partial charge in [-0.1, -0.05) is 11.8 Å². The van der Waals surface area contributed by atoms with Crippen molar-refractivity contribution in [2.24, 2.45) is 0 Å². The highest BCUT2D eigenvalue weighted by Crippen LogP contribution is 2.25. The van der Waals surface area contributed by atoms with Crippen LogP contribution in [0, 0.1) is 10.1 Å². The number of rotatable bonds is 4. The van der Waals surface area contributed by atoms with Gasteiger partial charge in [0.1, 0.15) is 0 Å². The summed E-state index contributed by atoms with van der Waals surface area (Å²) in [5, 5.41) is 19.4. The topological polar surface area (TPSA) is 76.3 Å². The van der Waals surface area contributed by atoms with Crippen LogP contribution in [0.25, 0.3) is 0 Å². The maximum Gasteiger partial charge on any atom is 0.301 e. The summed E-state index contributed by atoms with van der Waals surface area (Å²) in [6.07, 6.45) is 1.49. The first-order chi connectivity index (χ1) is 6.25. The third kappa shape index (κ3) is 2.67. The molecule has 13 heavy (non-hydrogen) atoms. The molecule has 0 fully saturated rings. The number of hydrogen-bond donors (Lipinski definition) is 1. The van der Waals surface area contributed by atoms with E-state index >= 15 is 0 Å². The molecule has 1 N–H and O–H groups in total. The molecule has 0 spiro atoms. The van der Waals surface area contributed by atoms with Crippen molar-refractivity contribution in [2.75, 3.05) is 12.4 Å². The standard InChI is InChI=1S/C7H8N2O3S/c10-4-5-13-7-6(9(11)12)2-1-3-8-7/h1-3,10H,4-5H2. The lowest BCUT2D eigenvalue weighted by Crippen LogP contribution is -1.94. The Morgan fingerprint density at radius 1 is 1.69 bits per heavy atom. The number of pyridine rings is 1. The lowest BCUT2D eigenvalue weighted by Gasteiger charge is -1.98. The molecule has 1 heterocycles. The van der Waals surface area contributed by atoms with Crippen LogP contribution in [0.1, 0.15) is 0 Å². The summed E-state index contributed by atoms with van der Waals surface area (Å²) < 4.78 is 0. The molecule has 1 aromatic rings. The van der Waals surface area contributed by atoms with Gasteiger partial charge in [0, 0.05) is 18.0 Å². The smallest absolute Gasteiger partial charge is 0.301 e. The van der Waals surface area contributed by atoms with Crippen molar-refractivity contribution in [1.82, 2.24) is 4.98 Å². The quantitative estimate of drug-likeness (QED) is 0.447. The largest absolute Gasteiger partial charge is 0.396 e. The van der Waals surface area contributed by atoms with Crippen LogP contribution in [-0.4, -0.2) is 27.4 Å². The second-order valence-electron chi connectivity index (χ2n) is 2.16. The second-order valence-corrected chi connectivity index (χ2v) is 3.24. The highest BCUT2D eigenvalue weighted by molar-refractivity contribution is 7.99. The van der Waals surface area contributed by atoms with Crippen molar-refractivity contribution in [3.05, 3.63) is 28.4 Å². The van der Waals surface area contributed by atoms with Gasteiger partial charge in [0.05, 0.1) is 11.5 Å². The van der Waals surface area contributed by atoms with Gasteiger partial charge in [0.25, 0.3) is 0 Å². The SMILES string of the molecule is O=[N+]([O-])c1cccnc1SCCO. The van der Waals surface area contributed by atoms with E-state index in [1.807, 2.05) is 0 Å².